The monoisotopic (exact) mass is 297 g/mol. The molecule has 1 fully saturated rings. The second kappa shape index (κ2) is 6.92. The van der Waals surface area contributed by atoms with Crippen molar-refractivity contribution in [2.45, 2.75) is 38.4 Å². The van der Waals surface area contributed by atoms with Gasteiger partial charge in [0, 0.05) is 12.6 Å². The van der Waals surface area contributed by atoms with E-state index in [1.54, 1.807) is 6.92 Å². The van der Waals surface area contributed by atoms with Gasteiger partial charge in [-0.1, -0.05) is 0 Å². The Morgan fingerprint density at radius 1 is 1.40 bits per heavy atom. The van der Waals surface area contributed by atoms with Gasteiger partial charge in [-0.2, -0.15) is 13.2 Å². The normalized spacial score (nSPS) is 23.7. The first-order valence-electron chi connectivity index (χ1n) is 6.37. The summed E-state index contributed by atoms with van der Waals surface area (Å²) in [6.45, 7) is 0.403. The largest absolute Gasteiger partial charge is 0.481 e. The Kier molecular flexibility index (Phi) is 5.79. The van der Waals surface area contributed by atoms with Crippen LogP contribution in [0.3, 0.4) is 0 Å². The molecule has 1 amide bonds. The number of nitrogens with zero attached hydrogens (tertiary/aromatic N) is 1. The van der Waals surface area contributed by atoms with Crippen molar-refractivity contribution in [2.24, 2.45) is 5.92 Å². The summed E-state index contributed by atoms with van der Waals surface area (Å²) in [6.07, 6.45) is -3.78. The minimum Gasteiger partial charge on any atom is -0.481 e. The third kappa shape index (κ3) is 5.36. The molecule has 1 saturated heterocycles. The predicted octanol–water partition coefficient (Wildman–Crippen LogP) is 1.67. The van der Waals surface area contributed by atoms with Crippen LogP contribution >= 0.6 is 0 Å². The quantitative estimate of drug-likeness (QED) is 0.784. The number of ether oxygens (including phenoxy) is 1. The first kappa shape index (κ1) is 16.7. The van der Waals surface area contributed by atoms with Gasteiger partial charge in [0.15, 0.2) is 0 Å². The van der Waals surface area contributed by atoms with Gasteiger partial charge in [0.25, 0.3) is 0 Å². The Morgan fingerprint density at radius 3 is 2.55 bits per heavy atom. The molecule has 0 aliphatic carbocycles. The average Bonchev–Trinajstić information content (AvgIpc) is 2.33. The zero-order valence-corrected chi connectivity index (χ0v) is 11.2. The number of carboxylic acids is 1. The molecule has 1 aliphatic rings. The molecule has 5 nitrogen and oxygen atoms in total. The lowest BCUT2D eigenvalue weighted by molar-refractivity contribution is -0.175. The van der Waals surface area contributed by atoms with Crippen LogP contribution in [-0.4, -0.2) is 53.9 Å². The molecule has 0 aromatic heterocycles. The average molecular weight is 297 g/mol. The van der Waals surface area contributed by atoms with E-state index in [9.17, 15) is 22.8 Å². The zero-order valence-electron chi connectivity index (χ0n) is 11.2. The molecule has 1 aliphatic heterocycles. The van der Waals surface area contributed by atoms with Crippen LogP contribution in [0.5, 0.6) is 0 Å². The van der Waals surface area contributed by atoms with Crippen molar-refractivity contribution in [1.29, 1.82) is 0 Å². The number of carbonyl (C=O) groups is 2. The summed E-state index contributed by atoms with van der Waals surface area (Å²) >= 11 is 0. The molecule has 20 heavy (non-hydrogen) atoms. The molecule has 0 radical (unpaired) electrons. The number of rotatable bonds is 5. The van der Waals surface area contributed by atoms with Gasteiger partial charge < -0.3 is 14.7 Å². The van der Waals surface area contributed by atoms with Crippen LogP contribution in [0.2, 0.25) is 0 Å². The number of hydrogen-bond donors (Lipinski definition) is 1. The summed E-state index contributed by atoms with van der Waals surface area (Å²) in [4.78, 5) is 24.2. The topological polar surface area (TPSA) is 66.8 Å². The third-order valence-corrected chi connectivity index (χ3v) is 3.27. The molecule has 0 spiro atoms. The molecule has 0 aromatic rings. The standard InChI is InChI=1S/C12H18F3NO4/c1-8-6-9(11(18)19)2-4-16(8)10(17)3-5-20-7-12(13,14)15/h8-9H,2-7H2,1H3,(H,18,19). The van der Waals surface area contributed by atoms with Gasteiger partial charge in [-0.3, -0.25) is 9.59 Å². The van der Waals surface area contributed by atoms with Crippen molar-refractivity contribution in [3.05, 3.63) is 0 Å². The predicted molar refractivity (Wildman–Crippen MR) is 63.0 cm³/mol. The van der Waals surface area contributed by atoms with E-state index in [2.05, 4.69) is 4.74 Å². The number of hydrogen-bond acceptors (Lipinski definition) is 3. The number of aliphatic carboxylic acids is 1. The SMILES string of the molecule is CC1CC(C(=O)O)CCN1C(=O)CCOCC(F)(F)F. The molecule has 0 aromatic carbocycles. The Bertz CT molecular complexity index is 359. The Hall–Kier alpha value is -1.31. The van der Waals surface area contributed by atoms with E-state index in [1.807, 2.05) is 0 Å². The molecule has 1 rings (SSSR count). The first-order chi connectivity index (χ1) is 9.20. The Morgan fingerprint density at radius 2 is 2.05 bits per heavy atom. The van der Waals surface area contributed by atoms with Crippen LogP contribution in [-0.2, 0) is 14.3 Å². The molecule has 1 heterocycles. The summed E-state index contributed by atoms with van der Waals surface area (Å²) in [7, 11) is 0. The van der Waals surface area contributed by atoms with Crippen LogP contribution in [0.15, 0.2) is 0 Å². The highest BCUT2D eigenvalue weighted by Crippen LogP contribution is 2.23. The third-order valence-electron chi connectivity index (χ3n) is 3.27. The van der Waals surface area contributed by atoms with E-state index >= 15 is 0 Å². The molecule has 0 saturated carbocycles. The number of carboxylic acid groups (broad SMARTS) is 1. The van der Waals surface area contributed by atoms with E-state index in [0.29, 0.717) is 19.4 Å². The number of likely N-dealkylation sites (tertiary alicyclic amines) is 1. The summed E-state index contributed by atoms with van der Waals surface area (Å²) in [5.74, 6) is -1.64. The van der Waals surface area contributed by atoms with Gasteiger partial charge in [-0.15, -0.1) is 0 Å². The molecule has 2 atom stereocenters. The first-order valence-corrected chi connectivity index (χ1v) is 6.37. The van der Waals surface area contributed by atoms with Gasteiger partial charge >= 0.3 is 12.1 Å². The lowest BCUT2D eigenvalue weighted by Crippen LogP contribution is -2.46. The van der Waals surface area contributed by atoms with E-state index < -0.39 is 24.7 Å². The van der Waals surface area contributed by atoms with Gasteiger partial charge in [0.05, 0.1) is 18.9 Å². The minimum absolute atomic E-state index is 0.127. The lowest BCUT2D eigenvalue weighted by atomic mass is 9.91. The summed E-state index contributed by atoms with van der Waals surface area (Å²) in [5.41, 5.74) is 0. The highest BCUT2D eigenvalue weighted by atomic mass is 19.4. The number of amides is 1. The van der Waals surface area contributed by atoms with E-state index in [0.717, 1.165) is 0 Å². The Labute approximate surface area is 114 Å². The van der Waals surface area contributed by atoms with E-state index in [-0.39, 0.29) is 25.0 Å². The molecule has 8 heteroatoms. The summed E-state index contributed by atoms with van der Waals surface area (Å²) < 4.78 is 39.9. The van der Waals surface area contributed by atoms with E-state index in [1.165, 1.54) is 4.90 Å². The minimum atomic E-state index is -4.39. The fourth-order valence-electron chi connectivity index (χ4n) is 2.26. The van der Waals surface area contributed by atoms with Crippen LogP contribution in [0.1, 0.15) is 26.2 Å². The molecule has 1 N–H and O–H groups in total. The van der Waals surface area contributed by atoms with Gasteiger partial charge in [-0.25, -0.2) is 0 Å². The van der Waals surface area contributed by atoms with Crippen LogP contribution in [0, 0.1) is 5.92 Å². The molecule has 2 unspecified atom stereocenters. The number of alkyl halides is 3. The number of halogens is 3. The van der Waals surface area contributed by atoms with Crippen LogP contribution < -0.4 is 0 Å². The molecular weight excluding hydrogens is 279 g/mol. The zero-order chi connectivity index (χ0) is 15.3. The second-order valence-electron chi connectivity index (χ2n) is 4.91. The highest BCUT2D eigenvalue weighted by Gasteiger charge is 2.32. The van der Waals surface area contributed by atoms with Gasteiger partial charge in [0.1, 0.15) is 6.61 Å². The number of carbonyl (C=O) groups excluding carboxylic acids is 1. The Balaban J connectivity index is 2.32. The van der Waals surface area contributed by atoms with Crippen LogP contribution in [0.4, 0.5) is 13.2 Å². The molecular formula is C12H18F3NO4. The smallest absolute Gasteiger partial charge is 0.411 e. The van der Waals surface area contributed by atoms with Crippen molar-refractivity contribution >= 4 is 11.9 Å². The van der Waals surface area contributed by atoms with Crippen LogP contribution in [0.25, 0.3) is 0 Å². The maximum atomic E-state index is 11.8. The van der Waals surface area contributed by atoms with Gasteiger partial charge in [-0.05, 0) is 19.8 Å². The summed E-state index contributed by atoms with van der Waals surface area (Å²) in [6, 6.07) is -0.222. The maximum absolute atomic E-state index is 11.8. The fourth-order valence-corrected chi connectivity index (χ4v) is 2.26. The van der Waals surface area contributed by atoms with Crippen molar-refractivity contribution in [2.75, 3.05) is 19.8 Å². The molecule has 0 bridgehead atoms. The second-order valence-corrected chi connectivity index (χ2v) is 4.91. The van der Waals surface area contributed by atoms with Crippen molar-refractivity contribution in [3.8, 4) is 0 Å². The van der Waals surface area contributed by atoms with Gasteiger partial charge in [0.2, 0.25) is 5.91 Å². The maximum Gasteiger partial charge on any atom is 0.411 e. The van der Waals surface area contributed by atoms with Crippen molar-refractivity contribution in [1.82, 2.24) is 4.90 Å². The highest BCUT2D eigenvalue weighted by molar-refractivity contribution is 5.77. The summed E-state index contributed by atoms with van der Waals surface area (Å²) in [5, 5.41) is 8.90. The lowest BCUT2D eigenvalue weighted by Gasteiger charge is -2.36. The fraction of sp³-hybridized carbons (Fsp3) is 0.833. The van der Waals surface area contributed by atoms with Crippen molar-refractivity contribution in [3.63, 3.8) is 0 Å². The van der Waals surface area contributed by atoms with E-state index in [4.69, 9.17) is 5.11 Å². The molecule has 116 valence electrons. The van der Waals surface area contributed by atoms with Crippen molar-refractivity contribution < 1.29 is 32.6 Å². The number of piperidine rings is 1.